The number of carbonyl (C=O) groups is 1. The molecule has 7 nitrogen and oxygen atoms in total. The average Bonchev–Trinajstić information content (AvgIpc) is 2.96. The Balaban J connectivity index is 1.44. The van der Waals surface area contributed by atoms with Gasteiger partial charge in [-0.2, -0.15) is 0 Å². The largest absolute Gasteiger partial charge is 0.444 e. The minimum Gasteiger partial charge on any atom is -0.444 e. The predicted octanol–water partition coefficient (Wildman–Crippen LogP) is 5.04. The van der Waals surface area contributed by atoms with Gasteiger partial charge >= 0.3 is 6.09 Å². The highest BCUT2D eigenvalue weighted by Gasteiger charge is 2.26. The van der Waals surface area contributed by atoms with Crippen LogP contribution in [-0.2, 0) is 24.6 Å². The van der Waals surface area contributed by atoms with Gasteiger partial charge in [-0.3, -0.25) is 14.3 Å². The van der Waals surface area contributed by atoms with Crippen LogP contribution in [-0.4, -0.2) is 43.8 Å². The summed E-state index contributed by atoms with van der Waals surface area (Å²) in [7, 11) is 2.06. The van der Waals surface area contributed by atoms with Gasteiger partial charge in [-0.1, -0.05) is 12.1 Å². The van der Waals surface area contributed by atoms with Gasteiger partial charge in [-0.05, 0) is 69.5 Å². The molecule has 0 N–H and O–H groups in total. The minimum absolute atomic E-state index is 0.0991. The molecule has 0 fully saturated rings. The number of hydrogen-bond acceptors (Lipinski definition) is 4. The lowest BCUT2D eigenvalue weighted by Crippen LogP contribution is -2.38. The molecule has 0 atom stereocenters. The van der Waals surface area contributed by atoms with E-state index in [0.717, 1.165) is 46.3 Å². The number of amides is 1. The van der Waals surface area contributed by atoms with Crippen molar-refractivity contribution >= 4 is 17.0 Å². The molecular formula is C29H32N4O3. The van der Waals surface area contributed by atoms with E-state index in [9.17, 15) is 9.59 Å². The molecule has 1 aromatic carbocycles. The smallest absolute Gasteiger partial charge is 0.410 e. The number of carbonyl (C=O) groups excluding carboxylic acids is 1. The first-order chi connectivity index (χ1) is 17.1. The van der Waals surface area contributed by atoms with Gasteiger partial charge in [0.2, 0.25) is 0 Å². The maximum atomic E-state index is 13.0. The van der Waals surface area contributed by atoms with E-state index in [-0.39, 0.29) is 11.7 Å². The first-order valence-electron chi connectivity index (χ1n) is 12.3. The first kappa shape index (κ1) is 23.9. The number of fused-ring (bicyclic) bond motifs is 3. The molecule has 0 spiro atoms. The predicted molar refractivity (Wildman–Crippen MR) is 142 cm³/mol. The lowest BCUT2D eigenvalue weighted by molar-refractivity contribution is 0.0258. The van der Waals surface area contributed by atoms with Crippen LogP contribution in [0.15, 0.2) is 59.7 Å². The summed E-state index contributed by atoms with van der Waals surface area (Å²) in [5.41, 5.74) is 6.45. The Morgan fingerprint density at radius 1 is 1.03 bits per heavy atom. The number of benzene rings is 1. The number of pyridine rings is 2. The second kappa shape index (κ2) is 8.97. The van der Waals surface area contributed by atoms with Crippen LogP contribution in [0, 0.1) is 6.92 Å². The van der Waals surface area contributed by atoms with Gasteiger partial charge in [-0.25, -0.2) is 4.79 Å². The van der Waals surface area contributed by atoms with Gasteiger partial charge in [0.25, 0.3) is 5.56 Å². The monoisotopic (exact) mass is 484 g/mol. The zero-order valence-corrected chi connectivity index (χ0v) is 21.5. The summed E-state index contributed by atoms with van der Waals surface area (Å²) in [6, 6.07) is 13.6. The van der Waals surface area contributed by atoms with E-state index in [4.69, 9.17) is 4.74 Å². The topological polar surface area (TPSA) is 69.4 Å². The Kier molecular flexibility index (Phi) is 5.94. The normalized spacial score (nSPS) is 14.0. The van der Waals surface area contributed by atoms with E-state index in [2.05, 4.69) is 28.7 Å². The number of nitrogens with zero attached hydrogens (tertiary/aromatic N) is 4. The molecule has 0 saturated carbocycles. The van der Waals surface area contributed by atoms with E-state index < -0.39 is 5.60 Å². The van der Waals surface area contributed by atoms with Crippen LogP contribution in [0.2, 0.25) is 0 Å². The van der Waals surface area contributed by atoms with Crippen molar-refractivity contribution < 1.29 is 9.53 Å². The number of ether oxygens (including phenoxy) is 1. The SMILES string of the molecule is Cc1ccc(-c2ccn(-c3ccc4c5c(n(C)c4c3)CCN(C(=O)OC(C)(C)C)CC5)c(=O)c2)nc1. The van der Waals surface area contributed by atoms with Crippen LogP contribution in [0.5, 0.6) is 0 Å². The van der Waals surface area contributed by atoms with Gasteiger partial charge in [0.05, 0.1) is 16.9 Å². The summed E-state index contributed by atoms with van der Waals surface area (Å²) >= 11 is 0. The molecule has 0 saturated heterocycles. The third kappa shape index (κ3) is 4.53. The Morgan fingerprint density at radius 2 is 1.81 bits per heavy atom. The summed E-state index contributed by atoms with van der Waals surface area (Å²) in [4.78, 5) is 31.9. The quantitative estimate of drug-likeness (QED) is 0.400. The Hall–Kier alpha value is -3.87. The fourth-order valence-corrected chi connectivity index (χ4v) is 4.90. The Labute approximate surface area is 211 Å². The van der Waals surface area contributed by atoms with Gasteiger partial charge in [0, 0.05) is 61.7 Å². The van der Waals surface area contributed by atoms with Crippen molar-refractivity contribution in [2.24, 2.45) is 7.05 Å². The lowest BCUT2D eigenvalue weighted by atomic mass is 10.1. The molecule has 7 heteroatoms. The second-order valence-corrected chi connectivity index (χ2v) is 10.5. The summed E-state index contributed by atoms with van der Waals surface area (Å²) in [6.45, 7) is 8.90. The van der Waals surface area contributed by atoms with Crippen LogP contribution >= 0.6 is 0 Å². The molecule has 0 radical (unpaired) electrons. The molecule has 1 amide bonds. The third-order valence-corrected chi connectivity index (χ3v) is 6.73. The Bertz CT molecular complexity index is 1510. The number of hydrogen-bond donors (Lipinski definition) is 0. The van der Waals surface area contributed by atoms with E-state index in [0.29, 0.717) is 13.1 Å². The van der Waals surface area contributed by atoms with Crippen molar-refractivity contribution in [3.05, 3.63) is 82.0 Å². The van der Waals surface area contributed by atoms with Crippen molar-refractivity contribution in [1.29, 1.82) is 0 Å². The fourth-order valence-electron chi connectivity index (χ4n) is 4.90. The molecule has 36 heavy (non-hydrogen) atoms. The van der Waals surface area contributed by atoms with Crippen molar-refractivity contribution in [1.82, 2.24) is 19.0 Å². The number of aromatic nitrogens is 3. The van der Waals surface area contributed by atoms with Crippen LogP contribution < -0.4 is 5.56 Å². The molecule has 186 valence electrons. The third-order valence-electron chi connectivity index (χ3n) is 6.73. The summed E-state index contributed by atoms with van der Waals surface area (Å²) in [6.07, 6.45) is 4.88. The maximum Gasteiger partial charge on any atom is 0.410 e. The standard InChI is InChI=1S/C29H32N4O3/c1-19-6-9-24(30-18-19)20-10-15-33(27(34)16-20)21-7-8-22-23-11-13-32(28(35)36-29(2,3)4)14-12-25(23)31(5)26(22)17-21/h6-10,15-18H,11-14H2,1-5H3. The molecule has 0 aliphatic carbocycles. The highest BCUT2D eigenvalue weighted by atomic mass is 16.6. The zero-order valence-electron chi connectivity index (χ0n) is 21.5. The highest BCUT2D eigenvalue weighted by molar-refractivity contribution is 5.87. The maximum absolute atomic E-state index is 13.0. The average molecular weight is 485 g/mol. The van der Waals surface area contributed by atoms with Gasteiger partial charge < -0.3 is 14.2 Å². The second-order valence-electron chi connectivity index (χ2n) is 10.5. The van der Waals surface area contributed by atoms with Crippen molar-refractivity contribution in [2.45, 2.75) is 46.1 Å². The molecule has 1 aliphatic rings. The van der Waals surface area contributed by atoms with E-state index in [1.807, 2.05) is 58.2 Å². The molecule has 3 aromatic heterocycles. The lowest BCUT2D eigenvalue weighted by Gasteiger charge is -2.26. The van der Waals surface area contributed by atoms with Crippen LogP contribution in [0.25, 0.3) is 27.8 Å². The molecular weight excluding hydrogens is 452 g/mol. The van der Waals surface area contributed by atoms with E-state index >= 15 is 0 Å². The first-order valence-corrected chi connectivity index (χ1v) is 12.3. The summed E-state index contributed by atoms with van der Waals surface area (Å²) in [5.74, 6) is 0. The van der Waals surface area contributed by atoms with Crippen molar-refractivity contribution in [3.8, 4) is 16.9 Å². The van der Waals surface area contributed by atoms with Gasteiger partial charge in [-0.15, -0.1) is 0 Å². The summed E-state index contributed by atoms with van der Waals surface area (Å²) in [5, 5.41) is 1.16. The van der Waals surface area contributed by atoms with E-state index in [1.54, 1.807) is 21.7 Å². The molecule has 4 aromatic rings. The van der Waals surface area contributed by atoms with Crippen LogP contribution in [0.3, 0.4) is 0 Å². The number of rotatable bonds is 2. The van der Waals surface area contributed by atoms with Gasteiger partial charge in [0.1, 0.15) is 5.60 Å². The highest BCUT2D eigenvalue weighted by Crippen LogP contribution is 2.30. The van der Waals surface area contributed by atoms with Crippen molar-refractivity contribution in [3.63, 3.8) is 0 Å². The molecule has 1 aliphatic heterocycles. The number of aryl methyl sites for hydroxylation is 2. The fraction of sp³-hybridized carbons (Fsp3) is 0.345. The zero-order chi connectivity index (χ0) is 25.6. The molecule has 0 bridgehead atoms. The van der Waals surface area contributed by atoms with E-state index in [1.165, 1.54) is 11.3 Å². The van der Waals surface area contributed by atoms with Gasteiger partial charge in [0.15, 0.2) is 0 Å². The molecule has 4 heterocycles. The molecule has 0 unspecified atom stereocenters. The minimum atomic E-state index is -0.508. The molecule has 5 rings (SSSR count). The van der Waals surface area contributed by atoms with Crippen LogP contribution in [0.4, 0.5) is 4.79 Å². The Morgan fingerprint density at radius 3 is 2.50 bits per heavy atom. The van der Waals surface area contributed by atoms with Crippen LogP contribution in [0.1, 0.15) is 37.6 Å². The van der Waals surface area contributed by atoms with Crippen molar-refractivity contribution in [2.75, 3.05) is 13.1 Å². The summed E-state index contributed by atoms with van der Waals surface area (Å²) < 4.78 is 9.45.